The number of hydrogen-bond acceptors (Lipinski definition) is 8. The maximum absolute atomic E-state index is 13.8. The molecule has 4 N–H and O–H groups in total. The quantitative estimate of drug-likeness (QED) is 0.276. The van der Waals surface area contributed by atoms with Crippen LogP contribution in [-0.4, -0.2) is 65.6 Å². The summed E-state index contributed by atoms with van der Waals surface area (Å²) in [5.41, 5.74) is 5.17. The molecule has 0 bridgehead atoms. The molecule has 0 aliphatic heterocycles. The molecule has 0 radical (unpaired) electrons. The van der Waals surface area contributed by atoms with E-state index < -0.39 is 51.9 Å². The Hall–Kier alpha value is -3.81. The van der Waals surface area contributed by atoms with Gasteiger partial charge in [0.1, 0.15) is 12.3 Å². The lowest BCUT2D eigenvalue weighted by atomic mass is 10.0. The number of anilines is 1. The molecule has 0 aliphatic rings. The van der Waals surface area contributed by atoms with Crippen LogP contribution in [0.25, 0.3) is 0 Å². The van der Waals surface area contributed by atoms with Gasteiger partial charge >= 0.3 is 5.69 Å². The number of carbonyl (C=O) groups is 1. The molecule has 2 aromatic carbocycles. The highest BCUT2D eigenvalue weighted by Crippen LogP contribution is 2.21. The van der Waals surface area contributed by atoms with Crippen molar-refractivity contribution >= 4 is 21.7 Å². The third kappa shape index (κ3) is 8.10. The van der Waals surface area contributed by atoms with Crippen molar-refractivity contribution in [2.24, 2.45) is 5.92 Å². The number of nitrogen functional groups attached to an aromatic ring is 1. The van der Waals surface area contributed by atoms with Crippen molar-refractivity contribution in [2.75, 3.05) is 25.9 Å². The molecule has 2 atom stereocenters. The first-order valence-electron chi connectivity index (χ1n) is 12.6. The van der Waals surface area contributed by atoms with Crippen LogP contribution < -0.4 is 21.5 Å². The average Bonchev–Trinajstić information content (AvgIpc) is 2.91. The monoisotopic (exact) mass is 575 g/mol. The SMILES string of the molecule is COc1ccc(S(=O)(=O)N(CC(C)C)C[C@@H](O)[C@H](Cc2ccccc2)NC(=O)Cn2cc(F)c(N)nc2=O)cc1. The molecule has 0 unspecified atom stereocenters. The molecule has 1 heterocycles. The molecule has 3 aromatic rings. The number of aliphatic hydroxyl groups is 1. The molecule has 11 nitrogen and oxygen atoms in total. The van der Waals surface area contributed by atoms with Gasteiger partial charge in [0.15, 0.2) is 11.6 Å². The van der Waals surface area contributed by atoms with Crippen LogP contribution in [0, 0.1) is 11.7 Å². The Morgan fingerprint density at radius 3 is 2.40 bits per heavy atom. The summed E-state index contributed by atoms with van der Waals surface area (Å²) in [6.45, 7) is 2.92. The lowest BCUT2D eigenvalue weighted by molar-refractivity contribution is -0.123. The van der Waals surface area contributed by atoms with Gasteiger partial charge in [0, 0.05) is 19.3 Å². The Balaban J connectivity index is 1.86. The average molecular weight is 576 g/mol. The van der Waals surface area contributed by atoms with Crippen LogP contribution in [0.1, 0.15) is 19.4 Å². The molecular weight excluding hydrogens is 541 g/mol. The molecule has 0 saturated carbocycles. The Bertz CT molecular complexity index is 1450. The van der Waals surface area contributed by atoms with Crippen LogP contribution in [0.3, 0.4) is 0 Å². The molecule has 0 aliphatic carbocycles. The normalized spacial score (nSPS) is 13.3. The van der Waals surface area contributed by atoms with Crippen molar-refractivity contribution in [1.82, 2.24) is 19.2 Å². The number of halogens is 1. The number of amides is 1. The summed E-state index contributed by atoms with van der Waals surface area (Å²) in [7, 11) is -2.54. The van der Waals surface area contributed by atoms with Crippen molar-refractivity contribution in [3.8, 4) is 5.75 Å². The zero-order chi connectivity index (χ0) is 29.4. The minimum atomic E-state index is -4.02. The van der Waals surface area contributed by atoms with Crippen molar-refractivity contribution in [1.29, 1.82) is 0 Å². The number of ether oxygens (including phenoxy) is 1. The summed E-state index contributed by atoms with van der Waals surface area (Å²) in [5, 5.41) is 14.0. The van der Waals surface area contributed by atoms with E-state index in [1.807, 2.05) is 19.9 Å². The number of methoxy groups -OCH3 is 1. The van der Waals surface area contributed by atoms with Gasteiger partial charge in [-0.15, -0.1) is 0 Å². The topological polar surface area (TPSA) is 157 Å². The zero-order valence-electron chi connectivity index (χ0n) is 22.5. The van der Waals surface area contributed by atoms with Crippen LogP contribution in [0.2, 0.25) is 0 Å². The summed E-state index contributed by atoms with van der Waals surface area (Å²) in [4.78, 5) is 28.3. The van der Waals surface area contributed by atoms with Crippen LogP contribution in [0.4, 0.5) is 10.2 Å². The first kappa shape index (κ1) is 30.7. The number of nitrogens with two attached hydrogens (primary N) is 1. The van der Waals surface area contributed by atoms with Gasteiger partial charge in [-0.05, 0) is 42.2 Å². The number of nitrogens with zero attached hydrogens (tertiary/aromatic N) is 3. The van der Waals surface area contributed by atoms with Gasteiger partial charge in [-0.2, -0.15) is 9.29 Å². The van der Waals surface area contributed by atoms with Crippen molar-refractivity contribution in [3.63, 3.8) is 0 Å². The predicted molar refractivity (Wildman–Crippen MR) is 148 cm³/mol. The summed E-state index contributed by atoms with van der Waals surface area (Å²) in [5.74, 6) is -1.82. The number of sulfonamides is 1. The van der Waals surface area contributed by atoms with E-state index in [0.29, 0.717) is 5.75 Å². The van der Waals surface area contributed by atoms with E-state index in [9.17, 15) is 27.5 Å². The van der Waals surface area contributed by atoms with Crippen molar-refractivity contribution in [3.05, 3.63) is 82.7 Å². The van der Waals surface area contributed by atoms with Crippen molar-refractivity contribution < 1.29 is 27.4 Å². The van der Waals surface area contributed by atoms with Crippen LogP contribution in [0.5, 0.6) is 5.75 Å². The molecule has 40 heavy (non-hydrogen) atoms. The van der Waals surface area contributed by atoms with E-state index in [2.05, 4.69) is 10.3 Å². The van der Waals surface area contributed by atoms with Gasteiger partial charge in [0.25, 0.3) is 0 Å². The number of nitrogens with one attached hydrogen (secondary N) is 1. The molecule has 1 amide bonds. The molecule has 1 aromatic heterocycles. The summed E-state index contributed by atoms with van der Waals surface area (Å²) < 4.78 is 48.0. The second kappa shape index (κ2) is 13.5. The van der Waals surface area contributed by atoms with Crippen molar-refractivity contribution in [2.45, 2.75) is 43.9 Å². The molecule has 216 valence electrons. The fraction of sp³-hybridized carbons (Fsp3) is 0.370. The third-order valence-corrected chi connectivity index (χ3v) is 7.90. The number of carbonyl (C=O) groups excluding carboxylic acids is 1. The highest BCUT2D eigenvalue weighted by molar-refractivity contribution is 7.89. The minimum Gasteiger partial charge on any atom is -0.497 e. The second-order valence-corrected chi connectivity index (χ2v) is 11.6. The van der Waals surface area contributed by atoms with Gasteiger partial charge in [-0.3, -0.25) is 9.36 Å². The van der Waals surface area contributed by atoms with E-state index in [1.54, 1.807) is 24.3 Å². The zero-order valence-corrected chi connectivity index (χ0v) is 23.3. The van der Waals surface area contributed by atoms with Crippen LogP contribution in [-0.2, 0) is 27.8 Å². The minimum absolute atomic E-state index is 0.0297. The fourth-order valence-electron chi connectivity index (χ4n) is 4.06. The third-order valence-electron chi connectivity index (χ3n) is 6.06. The Morgan fingerprint density at radius 2 is 1.80 bits per heavy atom. The molecule has 3 rings (SSSR count). The van der Waals surface area contributed by atoms with Gasteiger partial charge in [0.05, 0.1) is 24.2 Å². The Labute approximate surface area is 232 Å². The Kier molecular flexibility index (Phi) is 10.4. The van der Waals surface area contributed by atoms with E-state index in [4.69, 9.17) is 10.5 Å². The number of benzene rings is 2. The molecule has 0 spiro atoms. The van der Waals surface area contributed by atoms with Gasteiger partial charge < -0.3 is 20.9 Å². The highest BCUT2D eigenvalue weighted by atomic mass is 32.2. The lowest BCUT2D eigenvalue weighted by Crippen LogP contribution is -2.52. The maximum Gasteiger partial charge on any atom is 0.350 e. The van der Waals surface area contributed by atoms with E-state index in [1.165, 1.54) is 35.7 Å². The first-order valence-corrected chi connectivity index (χ1v) is 14.0. The standard InChI is InChI=1S/C27H34FN5O6S/c1-18(2)14-33(40(37,38)21-11-9-20(39-3)10-12-21)16-24(34)23(13-19-7-5-4-6-8-19)30-25(35)17-32-15-22(28)26(29)31-27(32)36/h4-12,15,18,23-24,34H,13-14,16-17H2,1-3H3,(H,30,35)(H2,29,31,36)/t23-,24+/m0/s1. The van der Waals surface area contributed by atoms with E-state index >= 15 is 0 Å². The van der Waals surface area contributed by atoms with Crippen LogP contribution >= 0.6 is 0 Å². The molecule has 0 saturated heterocycles. The smallest absolute Gasteiger partial charge is 0.350 e. The van der Waals surface area contributed by atoms with Crippen LogP contribution in [0.15, 0.2) is 70.5 Å². The summed E-state index contributed by atoms with van der Waals surface area (Å²) in [6.07, 6.45) is -0.401. The molecular formula is C27H34FN5O6S. The van der Waals surface area contributed by atoms with E-state index in [-0.39, 0.29) is 30.3 Å². The highest BCUT2D eigenvalue weighted by Gasteiger charge is 2.31. The lowest BCUT2D eigenvalue weighted by Gasteiger charge is -2.31. The number of aliphatic hydroxyl groups excluding tert-OH is 1. The van der Waals surface area contributed by atoms with Gasteiger partial charge in [-0.25, -0.2) is 17.6 Å². The number of aromatic nitrogens is 2. The first-order chi connectivity index (χ1) is 18.9. The molecule has 13 heteroatoms. The van der Waals surface area contributed by atoms with Gasteiger partial charge in [0.2, 0.25) is 15.9 Å². The summed E-state index contributed by atoms with van der Waals surface area (Å²) in [6, 6.07) is 14.0. The maximum atomic E-state index is 13.8. The number of rotatable bonds is 13. The Morgan fingerprint density at radius 1 is 1.15 bits per heavy atom. The molecule has 0 fully saturated rings. The fourth-order valence-corrected chi connectivity index (χ4v) is 5.68. The summed E-state index contributed by atoms with van der Waals surface area (Å²) >= 11 is 0. The predicted octanol–water partition coefficient (Wildman–Crippen LogP) is 1.41. The van der Waals surface area contributed by atoms with E-state index in [0.717, 1.165) is 16.3 Å². The second-order valence-electron chi connectivity index (χ2n) is 9.71. The van der Waals surface area contributed by atoms with Gasteiger partial charge in [-0.1, -0.05) is 44.2 Å². The largest absolute Gasteiger partial charge is 0.497 e. The number of hydrogen-bond donors (Lipinski definition) is 3.